The van der Waals surface area contributed by atoms with E-state index in [-0.39, 0.29) is 18.1 Å². The number of carbonyl (C=O) groups excluding carboxylic acids is 1. The van der Waals surface area contributed by atoms with Crippen molar-refractivity contribution in [3.05, 3.63) is 29.8 Å². The van der Waals surface area contributed by atoms with Crippen LogP contribution in [0.2, 0.25) is 0 Å². The van der Waals surface area contributed by atoms with E-state index in [0.717, 1.165) is 25.3 Å². The van der Waals surface area contributed by atoms with Crippen LogP contribution in [0.5, 0.6) is 0 Å². The van der Waals surface area contributed by atoms with Gasteiger partial charge in [-0.3, -0.25) is 15.6 Å². The third kappa shape index (κ3) is 6.90. The molecular weight excluding hydrogens is 348 g/mol. The maximum absolute atomic E-state index is 12.0. The molecule has 144 valence electrons. The number of rotatable bonds is 5. The van der Waals surface area contributed by atoms with Gasteiger partial charge in [-0.1, -0.05) is 26.0 Å². The molecule has 2 rings (SSSR count). The maximum atomic E-state index is 12.0. The van der Waals surface area contributed by atoms with Crippen molar-refractivity contribution in [1.82, 2.24) is 10.9 Å². The molecule has 0 aliphatic carbocycles. The Morgan fingerprint density at radius 3 is 2.38 bits per heavy atom. The number of thiocarbonyl (C=S) groups is 1. The average molecular weight is 380 g/mol. The minimum absolute atomic E-state index is 0.0661. The summed E-state index contributed by atoms with van der Waals surface area (Å²) < 4.78 is 5.72. The van der Waals surface area contributed by atoms with Crippen LogP contribution in [0.4, 0.5) is 5.69 Å². The summed E-state index contributed by atoms with van der Waals surface area (Å²) in [6, 6.07) is 8.10. The van der Waals surface area contributed by atoms with Crippen molar-refractivity contribution in [2.45, 2.75) is 52.2 Å². The van der Waals surface area contributed by atoms with Crippen LogP contribution >= 0.6 is 12.2 Å². The van der Waals surface area contributed by atoms with Gasteiger partial charge in [0.1, 0.15) is 25.3 Å². The third-order valence-electron chi connectivity index (χ3n) is 4.47. The molecule has 0 radical (unpaired) electrons. The number of benzene rings is 1. The Hall–Kier alpha value is -1.70. The molecule has 6 nitrogen and oxygen atoms in total. The first-order valence-electron chi connectivity index (χ1n) is 9.28. The van der Waals surface area contributed by atoms with Gasteiger partial charge in [-0.15, -0.1) is 0 Å². The molecule has 1 saturated heterocycles. The zero-order chi connectivity index (χ0) is 19.1. The van der Waals surface area contributed by atoms with Crippen molar-refractivity contribution in [2.24, 2.45) is 0 Å². The molecule has 1 aromatic carbocycles. The summed E-state index contributed by atoms with van der Waals surface area (Å²) in [5.74, 6) is 0.427. The number of nitrogens with one attached hydrogen (secondary N) is 4. The van der Waals surface area contributed by atoms with Crippen molar-refractivity contribution in [3.8, 4) is 0 Å². The van der Waals surface area contributed by atoms with E-state index in [1.165, 1.54) is 10.5 Å². The third-order valence-corrected chi connectivity index (χ3v) is 4.68. The molecule has 1 aliphatic heterocycles. The van der Waals surface area contributed by atoms with E-state index in [2.05, 4.69) is 56.0 Å². The monoisotopic (exact) mass is 379 g/mol. The summed E-state index contributed by atoms with van der Waals surface area (Å²) in [6.45, 7) is 11.1. The van der Waals surface area contributed by atoms with Crippen molar-refractivity contribution >= 4 is 28.9 Å². The lowest BCUT2D eigenvalue weighted by molar-refractivity contribution is -0.914. The van der Waals surface area contributed by atoms with Crippen molar-refractivity contribution in [1.29, 1.82) is 0 Å². The predicted octanol–water partition coefficient (Wildman–Crippen LogP) is 1.21. The standard InChI is InChI=1S/C19H30N4O2S/c1-13(2)16-5-7-17(8-6-16)20-19(26)22-21-18(24)9-10-23-11-14(3)25-15(4)12-23/h5-8,13-15H,9-12H2,1-4H3,(H,21,24)(H2,20,22,26)/p+1/t14-,15-/m0/s1. The van der Waals surface area contributed by atoms with Crippen LogP contribution in [-0.2, 0) is 9.53 Å². The second-order valence-corrected chi connectivity index (χ2v) is 7.73. The van der Waals surface area contributed by atoms with E-state index in [0.29, 0.717) is 17.5 Å². The zero-order valence-corrected chi connectivity index (χ0v) is 16.9. The predicted molar refractivity (Wildman–Crippen MR) is 108 cm³/mol. The molecular formula is C19H31N4O2S+. The van der Waals surface area contributed by atoms with Crippen molar-refractivity contribution in [2.75, 3.05) is 25.0 Å². The first-order valence-corrected chi connectivity index (χ1v) is 9.69. The van der Waals surface area contributed by atoms with Crippen LogP contribution in [-0.4, -0.2) is 42.9 Å². The second kappa shape index (κ2) is 9.85. The summed E-state index contributed by atoms with van der Waals surface area (Å²) in [5, 5.41) is 3.44. The Labute approximate surface area is 161 Å². The molecule has 4 N–H and O–H groups in total. The zero-order valence-electron chi connectivity index (χ0n) is 16.1. The highest BCUT2D eigenvalue weighted by Gasteiger charge is 2.25. The summed E-state index contributed by atoms with van der Waals surface area (Å²) in [5.41, 5.74) is 7.58. The molecule has 26 heavy (non-hydrogen) atoms. The smallest absolute Gasteiger partial charge is 0.244 e. The van der Waals surface area contributed by atoms with E-state index < -0.39 is 0 Å². The highest BCUT2D eigenvalue weighted by molar-refractivity contribution is 7.80. The lowest BCUT2D eigenvalue weighted by atomic mass is 10.0. The van der Waals surface area contributed by atoms with E-state index in [9.17, 15) is 4.79 Å². The molecule has 1 heterocycles. The quantitative estimate of drug-likeness (QED) is 0.457. The minimum atomic E-state index is -0.0661. The minimum Gasteiger partial charge on any atom is -0.364 e. The van der Waals surface area contributed by atoms with Gasteiger partial charge in [-0.25, -0.2) is 0 Å². The van der Waals surface area contributed by atoms with Crippen molar-refractivity contribution in [3.63, 3.8) is 0 Å². The van der Waals surface area contributed by atoms with Gasteiger partial charge in [0, 0.05) is 5.69 Å². The van der Waals surface area contributed by atoms with Crippen LogP contribution in [0, 0.1) is 0 Å². The van der Waals surface area contributed by atoms with E-state index in [1.54, 1.807) is 0 Å². The molecule has 1 aromatic rings. The fraction of sp³-hybridized carbons (Fsp3) is 0.579. The van der Waals surface area contributed by atoms with Gasteiger partial charge in [0.15, 0.2) is 5.11 Å². The maximum Gasteiger partial charge on any atom is 0.244 e. The number of morpholine rings is 1. The fourth-order valence-corrected chi connectivity index (χ4v) is 3.36. The summed E-state index contributed by atoms with van der Waals surface area (Å²) in [7, 11) is 0. The molecule has 2 atom stereocenters. The van der Waals surface area contributed by atoms with E-state index in [4.69, 9.17) is 17.0 Å². The summed E-state index contributed by atoms with van der Waals surface area (Å²) >= 11 is 5.22. The SMILES string of the molecule is CC(C)c1ccc(NC(=S)NNC(=O)CC[NH+]2C[C@H](C)O[C@@H](C)C2)cc1. The van der Waals surface area contributed by atoms with Crippen LogP contribution in [0.3, 0.4) is 0 Å². The Morgan fingerprint density at radius 1 is 1.19 bits per heavy atom. The number of amides is 1. The molecule has 0 saturated carbocycles. The molecule has 7 heteroatoms. The number of hydrogen-bond donors (Lipinski definition) is 4. The largest absolute Gasteiger partial charge is 0.364 e. The number of carbonyl (C=O) groups is 1. The normalized spacial score (nSPS) is 22.7. The molecule has 1 aliphatic rings. The van der Waals surface area contributed by atoms with Gasteiger partial charge >= 0.3 is 0 Å². The first-order chi connectivity index (χ1) is 12.3. The summed E-state index contributed by atoms with van der Waals surface area (Å²) in [4.78, 5) is 13.4. The lowest BCUT2D eigenvalue weighted by Crippen LogP contribution is -3.15. The van der Waals surface area contributed by atoms with E-state index >= 15 is 0 Å². The van der Waals surface area contributed by atoms with Gasteiger partial charge < -0.3 is 15.0 Å². The van der Waals surface area contributed by atoms with Crippen LogP contribution in [0.1, 0.15) is 45.6 Å². The van der Waals surface area contributed by atoms with Crippen molar-refractivity contribution < 1.29 is 14.4 Å². The number of anilines is 1. The first kappa shape index (κ1) is 20.6. The molecule has 1 fully saturated rings. The Kier molecular flexibility index (Phi) is 7.81. The van der Waals surface area contributed by atoms with Gasteiger partial charge in [0.25, 0.3) is 0 Å². The molecule has 0 unspecified atom stereocenters. The van der Waals surface area contributed by atoms with Crippen LogP contribution in [0.25, 0.3) is 0 Å². The van der Waals surface area contributed by atoms with Crippen LogP contribution < -0.4 is 21.1 Å². The van der Waals surface area contributed by atoms with Crippen LogP contribution in [0.15, 0.2) is 24.3 Å². The number of quaternary nitrogens is 1. The molecule has 0 aromatic heterocycles. The Bertz CT molecular complexity index is 596. The lowest BCUT2D eigenvalue weighted by Gasteiger charge is -2.32. The second-order valence-electron chi connectivity index (χ2n) is 7.32. The van der Waals surface area contributed by atoms with Gasteiger partial charge in [-0.2, -0.15) is 0 Å². The van der Waals surface area contributed by atoms with E-state index in [1.807, 2.05) is 12.1 Å². The highest BCUT2D eigenvalue weighted by atomic mass is 32.1. The number of ether oxygens (including phenoxy) is 1. The van der Waals surface area contributed by atoms with Gasteiger partial charge in [0.05, 0.1) is 13.0 Å². The topological polar surface area (TPSA) is 66.8 Å². The fourth-order valence-electron chi connectivity index (χ4n) is 3.19. The Morgan fingerprint density at radius 2 is 1.81 bits per heavy atom. The molecule has 0 spiro atoms. The molecule has 1 amide bonds. The number of hydrogen-bond acceptors (Lipinski definition) is 3. The Balaban J connectivity index is 1.67. The highest BCUT2D eigenvalue weighted by Crippen LogP contribution is 2.16. The van der Waals surface area contributed by atoms with Gasteiger partial charge in [-0.05, 0) is 49.7 Å². The average Bonchev–Trinajstić information content (AvgIpc) is 2.58. The number of hydrazine groups is 1. The molecule has 0 bridgehead atoms. The van der Waals surface area contributed by atoms with Gasteiger partial charge in [0.2, 0.25) is 5.91 Å². The summed E-state index contributed by atoms with van der Waals surface area (Å²) in [6.07, 6.45) is 0.940.